The van der Waals surface area contributed by atoms with E-state index < -0.39 is 23.6 Å². The average molecular weight is 502 g/mol. The maximum absolute atomic E-state index is 15.0. The summed E-state index contributed by atoms with van der Waals surface area (Å²) in [6, 6.07) is 6.59. The smallest absolute Gasteiger partial charge is 0.353 e. The van der Waals surface area contributed by atoms with Crippen molar-refractivity contribution in [1.29, 1.82) is 0 Å². The summed E-state index contributed by atoms with van der Waals surface area (Å²) in [7, 11) is 0. The van der Waals surface area contributed by atoms with Crippen LogP contribution in [-0.2, 0) is 17.5 Å². The molecule has 188 valence electrons. The van der Waals surface area contributed by atoms with Crippen LogP contribution in [0, 0.1) is 5.82 Å². The van der Waals surface area contributed by atoms with Gasteiger partial charge in [-0.25, -0.2) is 9.37 Å². The molecular weight excluding hydrogens is 480 g/mol. The number of rotatable bonds is 5. The molecule has 0 unspecified atom stereocenters. The van der Waals surface area contributed by atoms with E-state index in [-0.39, 0.29) is 34.8 Å². The normalized spacial score (nSPS) is 14.0. The molecule has 8 nitrogen and oxygen atoms in total. The van der Waals surface area contributed by atoms with Crippen LogP contribution in [0.1, 0.15) is 28.5 Å². The first kappa shape index (κ1) is 25.0. The lowest BCUT2D eigenvalue weighted by molar-refractivity contribution is -0.141. The van der Waals surface area contributed by atoms with Crippen LogP contribution in [-0.4, -0.2) is 57.8 Å². The van der Waals surface area contributed by atoms with Crippen LogP contribution >= 0.6 is 0 Å². The Morgan fingerprint density at radius 2 is 1.72 bits per heavy atom. The molecule has 1 fully saturated rings. The van der Waals surface area contributed by atoms with Gasteiger partial charge in [0.05, 0.1) is 5.56 Å². The van der Waals surface area contributed by atoms with Gasteiger partial charge in [-0.3, -0.25) is 19.6 Å². The van der Waals surface area contributed by atoms with Crippen molar-refractivity contribution in [2.75, 3.05) is 31.1 Å². The molecule has 0 aromatic carbocycles. The van der Waals surface area contributed by atoms with Crippen LogP contribution in [0.4, 0.5) is 23.4 Å². The van der Waals surface area contributed by atoms with E-state index in [1.807, 2.05) is 4.90 Å². The Balaban J connectivity index is 1.41. The number of halogens is 4. The Kier molecular flexibility index (Phi) is 7.13. The fourth-order valence-electron chi connectivity index (χ4n) is 3.79. The van der Waals surface area contributed by atoms with Gasteiger partial charge in [0.1, 0.15) is 17.2 Å². The van der Waals surface area contributed by atoms with Crippen LogP contribution in [0.15, 0.2) is 48.9 Å². The maximum Gasteiger partial charge on any atom is 0.433 e. The second-order valence-corrected chi connectivity index (χ2v) is 8.14. The zero-order valence-corrected chi connectivity index (χ0v) is 19.2. The number of hydrogen-bond acceptors (Lipinski definition) is 6. The first-order valence-corrected chi connectivity index (χ1v) is 11.0. The molecule has 1 aliphatic rings. The number of carbonyl (C=O) groups is 2. The van der Waals surface area contributed by atoms with Gasteiger partial charge in [0.15, 0.2) is 5.82 Å². The second kappa shape index (κ2) is 10.3. The second-order valence-electron chi connectivity index (χ2n) is 8.14. The maximum atomic E-state index is 15.0. The highest BCUT2D eigenvalue weighted by Crippen LogP contribution is 2.31. The summed E-state index contributed by atoms with van der Waals surface area (Å²) in [6.07, 6.45) is -1.07. The fourth-order valence-corrected chi connectivity index (χ4v) is 3.79. The van der Waals surface area contributed by atoms with E-state index >= 15 is 4.39 Å². The SMILES string of the molecule is CC(=O)N1CCN(c2ccc(C(=O)NCc3ccnc(-c4ccnc(C(F)(F)F)c4)c3F)cn2)CC1. The minimum atomic E-state index is -4.68. The highest BCUT2D eigenvalue weighted by molar-refractivity contribution is 5.94. The minimum Gasteiger partial charge on any atom is -0.353 e. The third kappa shape index (κ3) is 5.58. The van der Waals surface area contributed by atoms with Crippen molar-refractivity contribution in [1.82, 2.24) is 25.2 Å². The van der Waals surface area contributed by atoms with Crippen LogP contribution in [0.3, 0.4) is 0 Å². The minimum absolute atomic E-state index is 0.0271. The van der Waals surface area contributed by atoms with Crippen molar-refractivity contribution >= 4 is 17.6 Å². The molecule has 0 atom stereocenters. The molecule has 12 heteroatoms. The third-order valence-electron chi connectivity index (χ3n) is 5.79. The van der Waals surface area contributed by atoms with Gasteiger partial charge in [0, 0.05) is 69.4 Å². The Labute approximate surface area is 204 Å². The molecule has 1 N–H and O–H groups in total. The number of anilines is 1. The summed E-state index contributed by atoms with van der Waals surface area (Å²) >= 11 is 0. The number of aromatic nitrogens is 3. The topological polar surface area (TPSA) is 91.3 Å². The summed E-state index contributed by atoms with van der Waals surface area (Å²) in [5.74, 6) is -0.624. The highest BCUT2D eigenvalue weighted by atomic mass is 19.4. The van der Waals surface area contributed by atoms with E-state index in [0.717, 1.165) is 12.3 Å². The van der Waals surface area contributed by atoms with Crippen molar-refractivity contribution in [3.05, 3.63) is 71.6 Å². The zero-order valence-electron chi connectivity index (χ0n) is 19.2. The molecule has 36 heavy (non-hydrogen) atoms. The molecule has 4 rings (SSSR count). The fraction of sp³-hybridized carbons (Fsp3) is 0.292. The van der Waals surface area contributed by atoms with Crippen LogP contribution in [0.25, 0.3) is 11.3 Å². The van der Waals surface area contributed by atoms with Gasteiger partial charge in [-0.15, -0.1) is 0 Å². The predicted octanol–water partition coefficient (Wildman–Crippen LogP) is 3.30. The molecule has 0 bridgehead atoms. The Bertz CT molecular complexity index is 1260. The molecule has 3 aromatic rings. The van der Waals surface area contributed by atoms with Gasteiger partial charge in [-0.05, 0) is 30.3 Å². The first-order valence-electron chi connectivity index (χ1n) is 11.0. The summed E-state index contributed by atoms with van der Waals surface area (Å²) in [4.78, 5) is 39.3. The number of nitrogens with one attached hydrogen (secondary N) is 1. The number of nitrogens with zero attached hydrogens (tertiary/aromatic N) is 5. The van der Waals surface area contributed by atoms with E-state index in [9.17, 15) is 22.8 Å². The van der Waals surface area contributed by atoms with Gasteiger partial charge >= 0.3 is 6.18 Å². The van der Waals surface area contributed by atoms with Gasteiger partial charge in [0.25, 0.3) is 5.91 Å². The van der Waals surface area contributed by atoms with Gasteiger partial charge < -0.3 is 15.1 Å². The standard InChI is InChI=1S/C24H22F4N6O2/c1-15(35)33-8-10-34(11-9-33)20-3-2-18(14-31-20)23(36)32-13-17-5-7-30-22(21(17)25)16-4-6-29-19(12-16)24(26,27)28/h2-7,12,14H,8-11,13H2,1H3,(H,32,36). The monoisotopic (exact) mass is 502 g/mol. The molecule has 0 radical (unpaired) electrons. The van der Waals surface area contributed by atoms with Crippen molar-refractivity contribution in [2.24, 2.45) is 0 Å². The summed E-state index contributed by atoms with van der Waals surface area (Å²) in [6.45, 7) is 3.77. The average Bonchev–Trinajstić information content (AvgIpc) is 2.87. The summed E-state index contributed by atoms with van der Waals surface area (Å²) < 4.78 is 53.9. The van der Waals surface area contributed by atoms with Crippen molar-refractivity contribution < 1.29 is 27.2 Å². The number of carbonyl (C=O) groups excluding carboxylic acids is 2. The first-order chi connectivity index (χ1) is 17.1. The zero-order chi connectivity index (χ0) is 25.9. The van der Waals surface area contributed by atoms with E-state index in [0.29, 0.717) is 32.0 Å². The molecule has 3 aromatic heterocycles. The number of amides is 2. The van der Waals surface area contributed by atoms with Crippen LogP contribution < -0.4 is 10.2 Å². The molecule has 0 spiro atoms. The molecule has 1 aliphatic heterocycles. The third-order valence-corrected chi connectivity index (χ3v) is 5.79. The predicted molar refractivity (Wildman–Crippen MR) is 122 cm³/mol. The summed E-state index contributed by atoms with van der Waals surface area (Å²) in [5, 5.41) is 2.59. The van der Waals surface area contributed by atoms with Crippen molar-refractivity contribution in [2.45, 2.75) is 19.6 Å². The van der Waals surface area contributed by atoms with Crippen molar-refractivity contribution in [3.8, 4) is 11.3 Å². The molecule has 2 amide bonds. The summed E-state index contributed by atoms with van der Waals surface area (Å²) in [5.41, 5.74) is -1.18. The van der Waals surface area contributed by atoms with Crippen LogP contribution in [0.5, 0.6) is 0 Å². The van der Waals surface area contributed by atoms with Gasteiger partial charge in [0.2, 0.25) is 5.91 Å². The van der Waals surface area contributed by atoms with E-state index in [1.165, 1.54) is 31.5 Å². The molecule has 4 heterocycles. The lowest BCUT2D eigenvalue weighted by Crippen LogP contribution is -2.48. The number of piperazine rings is 1. The Hall–Kier alpha value is -4.09. The molecular formula is C24H22F4N6O2. The van der Waals surface area contributed by atoms with Crippen molar-refractivity contribution in [3.63, 3.8) is 0 Å². The van der Waals surface area contributed by atoms with E-state index in [4.69, 9.17) is 0 Å². The number of alkyl halides is 3. The van der Waals surface area contributed by atoms with E-state index in [2.05, 4.69) is 20.3 Å². The van der Waals surface area contributed by atoms with Gasteiger partial charge in [-0.1, -0.05) is 0 Å². The quantitative estimate of drug-likeness (QED) is 0.539. The molecule has 1 saturated heterocycles. The van der Waals surface area contributed by atoms with Crippen LogP contribution in [0.2, 0.25) is 0 Å². The number of pyridine rings is 3. The lowest BCUT2D eigenvalue weighted by Gasteiger charge is -2.34. The van der Waals surface area contributed by atoms with E-state index in [1.54, 1.807) is 17.0 Å². The molecule has 0 aliphatic carbocycles. The Morgan fingerprint density at radius 1 is 1.00 bits per heavy atom. The number of hydrogen-bond donors (Lipinski definition) is 1. The Morgan fingerprint density at radius 3 is 2.36 bits per heavy atom. The lowest BCUT2D eigenvalue weighted by atomic mass is 10.1. The molecule has 0 saturated carbocycles. The highest BCUT2D eigenvalue weighted by Gasteiger charge is 2.33. The van der Waals surface area contributed by atoms with Gasteiger partial charge in [-0.2, -0.15) is 13.2 Å². The largest absolute Gasteiger partial charge is 0.433 e.